The summed E-state index contributed by atoms with van der Waals surface area (Å²) >= 11 is 1.47. The molecule has 152 valence electrons. The molecule has 0 amide bonds. The molecule has 3 aromatic rings. The largest absolute Gasteiger partial charge is 0.357 e. The molecule has 1 aliphatic carbocycles. The van der Waals surface area contributed by atoms with Crippen LogP contribution in [0, 0.1) is 0 Å². The van der Waals surface area contributed by atoms with E-state index < -0.39 is 16.1 Å². The second kappa shape index (κ2) is 7.41. The Bertz CT molecular complexity index is 1230. The summed E-state index contributed by atoms with van der Waals surface area (Å²) in [6.07, 6.45) is 1.91. The predicted octanol–water partition coefficient (Wildman–Crippen LogP) is 5.12. The minimum atomic E-state index is -3.93. The molecule has 7 heteroatoms. The number of carbonyl (C=O) groups excluding carboxylic acids is 1. The molecule has 0 saturated carbocycles. The van der Waals surface area contributed by atoms with E-state index in [0.717, 1.165) is 23.4 Å². The number of anilines is 2. The molecule has 2 heterocycles. The summed E-state index contributed by atoms with van der Waals surface area (Å²) in [4.78, 5) is 14.2. The number of allylic oxidation sites excluding steroid dienone is 1. The smallest absolute Gasteiger partial charge is 0.265 e. The Morgan fingerprint density at radius 3 is 2.47 bits per heavy atom. The Hall–Kier alpha value is -2.90. The minimum Gasteiger partial charge on any atom is -0.357 e. The first-order valence-electron chi connectivity index (χ1n) is 9.82. The third-order valence-electron chi connectivity index (χ3n) is 5.50. The lowest BCUT2D eigenvalue weighted by Crippen LogP contribution is -2.37. The van der Waals surface area contributed by atoms with Gasteiger partial charge in [-0.1, -0.05) is 36.4 Å². The fraction of sp³-hybridized carbons (Fsp3) is 0.174. The summed E-state index contributed by atoms with van der Waals surface area (Å²) < 4.78 is 29.3. The van der Waals surface area contributed by atoms with Gasteiger partial charge in [-0.3, -0.25) is 9.10 Å². The lowest BCUT2D eigenvalue weighted by Gasteiger charge is -2.33. The number of hydrogen-bond donors (Lipinski definition) is 1. The molecule has 0 fully saturated rings. The molecular weight excluding hydrogens is 416 g/mol. The van der Waals surface area contributed by atoms with Gasteiger partial charge in [0.25, 0.3) is 10.0 Å². The standard InChI is InChI=1S/C23H20N2O3S2/c26-20-13-6-11-18-22(20)23(21-14-7-15-29-21)25(19-12-5-4-10-17(19)24-18)30(27,28)16-8-2-1-3-9-16/h1-5,7-10,12,14-15,23-24H,6,11,13H2/t23-/m1/s1. The summed E-state index contributed by atoms with van der Waals surface area (Å²) in [5, 5.41) is 5.31. The van der Waals surface area contributed by atoms with Crippen LogP contribution in [0.2, 0.25) is 0 Å². The molecule has 0 spiro atoms. The van der Waals surface area contributed by atoms with Gasteiger partial charge in [0.15, 0.2) is 5.78 Å². The van der Waals surface area contributed by atoms with E-state index in [0.29, 0.717) is 23.4 Å². The van der Waals surface area contributed by atoms with Gasteiger partial charge >= 0.3 is 0 Å². The Balaban J connectivity index is 1.83. The number of fused-ring (bicyclic) bond motifs is 1. The van der Waals surface area contributed by atoms with Gasteiger partial charge in [0.1, 0.15) is 6.04 Å². The van der Waals surface area contributed by atoms with Crippen LogP contribution in [0.5, 0.6) is 0 Å². The van der Waals surface area contributed by atoms with Crippen molar-refractivity contribution < 1.29 is 13.2 Å². The van der Waals surface area contributed by atoms with Crippen LogP contribution >= 0.6 is 11.3 Å². The quantitative estimate of drug-likeness (QED) is 0.619. The van der Waals surface area contributed by atoms with Gasteiger partial charge in [0.2, 0.25) is 0 Å². The third-order valence-corrected chi connectivity index (χ3v) is 8.22. The molecule has 2 aromatic carbocycles. The van der Waals surface area contributed by atoms with Crippen molar-refractivity contribution in [1.82, 2.24) is 0 Å². The molecule has 0 radical (unpaired) electrons. The van der Waals surface area contributed by atoms with E-state index in [4.69, 9.17) is 0 Å². The molecule has 0 saturated heterocycles. The number of thiophene rings is 1. The number of ketones is 1. The van der Waals surface area contributed by atoms with Crippen molar-refractivity contribution in [3.05, 3.63) is 88.3 Å². The summed E-state index contributed by atoms with van der Waals surface area (Å²) in [7, 11) is -3.93. The van der Waals surface area contributed by atoms with E-state index in [-0.39, 0.29) is 10.7 Å². The number of carbonyl (C=O) groups is 1. The summed E-state index contributed by atoms with van der Waals surface area (Å²) in [5.74, 6) is 0.00298. The molecule has 1 aliphatic heterocycles. The number of sulfonamides is 1. The number of nitrogens with zero attached hydrogens (tertiary/aromatic N) is 1. The molecular formula is C23H20N2O3S2. The van der Waals surface area contributed by atoms with Gasteiger partial charge in [-0.25, -0.2) is 8.42 Å². The average molecular weight is 437 g/mol. The van der Waals surface area contributed by atoms with E-state index >= 15 is 0 Å². The molecule has 2 aliphatic rings. The van der Waals surface area contributed by atoms with Crippen LogP contribution in [-0.2, 0) is 14.8 Å². The van der Waals surface area contributed by atoms with Gasteiger partial charge in [-0.15, -0.1) is 11.3 Å². The van der Waals surface area contributed by atoms with Crippen LogP contribution in [0.1, 0.15) is 30.2 Å². The zero-order chi connectivity index (χ0) is 20.7. The van der Waals surface area contributed by atoms with Gasteiger partial charge < -0.3 is 5.32 Å². The van der Waals surface area contributed by atoms with Gasteiger partial charge in [-0.2, -0.15) is 0 Å². The Kier molecular flexibility index (Phi) is 4.72. The predicted molar refractivity (Wildman–Crippen MR) is 119 cm³/mol. The van der Waals surface area contributed by atoms with Gasteiger partial charge in [0, 0.05) is 22.6 Å². The highest BCUT2D eigenvalue weighted by atomic mass is 32.2. The third kappa shape index (κ3) is 3.05. The highest BCUT2D eigenvalue weighted by Gasteiger charge is 2.42. The molecule has 1 atom stereocenters. The van der Waals surface area contributed by atoms with Crippen molar-refractivity contribution >= 4 is 38.5 Å². The van der Waals surface area contributed by atoms with E-state index in [2.05, 4.69) is 5.32 Å². The van der Waals surface area contributed by atoms with Crippen LogP contribution in [0.15, 0.2) is 88.3 Å². The van der Waals surface area contributed by atoms with E-state index in [1.165, 1.54) is 15.6 Å². The summed E-state index contributed by atoms with van der Waals surface area (Å²) in [6.45, 7) is 0. The highest BCUT2D eigenvalue weighted by molar-refractivity contribution is 7.92. The molecule has 30 heavy (non-hydrogen) atoms. The maximum absolute atomic E-state index is 14.0. The number of rotatable bonds is 3. The highest BCUT2D eigenvalue weighted by Crippen LogP contribution is 2.47. The number of Topliss-reactive ketones (excluding diaryl/α,β-unsaturated/α-hetero) is 1. The SMILES string of the molecule is O=C1CCCC2=C1[C@@H](c1cccs1)N(S(=O)(=O)c1ccccc1)c1ccccc1N2. The van der Waals surface area contributed by atoms with E-state index in [1.54, 1.807) is 36.4 Å². The fourth-order valence-corrected chi connectivity index (χ4v) is 6.71. The number of benzene rings is 2. The van der Waals surface area contributed by atoms with Crippen molar-refractivity contribution in [1.29, 1.82) is 0 Å². The van der Waals surface area contributed by atoms with Crippen LogP contribution in [0.4, 0.5) is 11.4 Å². The lowest BCUT2D eigenvalue weighted by atomic mass is 9.89. The van der Waals surface area contributed by atoms with Crippen LogP contribution in [-0.4, -0.2) is 14.2 Å². The second-order valence-electron chi connectivity index (χ2n) is 7.34. The zero-order valence-corrected chi connectivity index (χ0v) is 17.7. The van der Waals surface area contributed by atoms with Crippen molar-refractivity contribution in [2.24, 2.45) is 0 Å². The minimum absolute atomic E-state index is 0.00298. The number of para-hydroxylation sites is 2. The molecule has 5 nitrogen and oxygen atoms in total. The van der Waals surface area contributed by atoms with Crippen LogP contribution in [0.25, 0.3) is 0 Å². The second-order valence-corrected chi connectivity index (χ2v) is 10.1. The van der Waals surface area contributed by atoms with Crippen molar-refractivity contribution in [2.75, 3.05) is 9.62 Å². The normalized spacial score (nSPS) is 19.0. The Morgan fingerprint density at radius 2 is 1.70 bits per heavy atom. The molecule has 1 N–H and O–H groups in total. The van der Waals surface area contributed by atoms with Crippen molar-refractivity contribution in [3.8, 4) is 0 Å². The molecule has 0 bridgehead atoms. The van der Waals surface area contributed by atoms with E-state index in [9.17, 15) is 13.2 Å². The van der Waals surface area contributed by atoms with Crippen LogP contribution in [0.3, 0.4) is 0 Å². The first-order valence-corrected chi connectivity index (χ1v) is 12.1. The monoisotopic (exact) mass is 436 g/mol. The first kappa shape index (κ1) is 19.1. The van der Waals surface area contributed by atoms with Crippen LogP contribution < -0.4 is 9.62 Å². The maximum atomic E-state index is 14.0. The average Bonchev–Trinajstić information content (AvgIpc) is 3.23. The number of nitrogens with one attached hydrogen (secondary N) is 1. The van der Waals surface area contributed by atoms with Gasteiger partial charge in [-0.05, 0) is 48.6 Å². The maximum Gasteiger partial charge on any atom is 0.265 e. The first-order chi connectivity index (χ1) is 14.6. The molecule has 1 aromatic heterocycles. The molecule has 5 rings (SSSR count). The Labute approximate surface area is 179 Å². The fourth-order valence-electron chi connectivity index (χ4n) is 4.18. The van der Waals surface area contributed by atoms with Gasteiger partial charge in [0.05, 0.1) is 16.3 Å². The molecule has 0 unspecified atom stereocenters. The topological polar surface area (TPSA) is 66.5 Å². The summed E-state index contributed by atoms with van der Waals surface area (Å²) in [6, 6.07) is 18.9. The van der Waals surface area contributed by atoms with Crippen molar-refractivity contribution in [2.45, 2.75) is 30.2 Å². The summed E-state index contributed by atoms with van der Waals surface area (Å²) in [5.41, 5.74) is 2.61. The lowest BCUT2D eigenvalue weighted by molar-refractivity contribution is -0.116. The number of hydrogen-bond acceptors (Lipinski definition) is 5. The zero-order valence-electron chi connectivity index (χ0n) is 16.1. The van der Waals surface area contributed by atoms with Crippen molar-refractivity contribution in [3.63, 3.8) is 0 Å². The van der Waals surface area contributed by atoms with E-state index in [1.807, 2.05) is 35.7 Å². The Morgan fingerprint density at radius 1 is 0.933 bits per heavy atom.